The van der Waals surface area contributed by atoms with E-state index >= 15 is 0 Å². The molecule has 0 bridgehead atoms. The van der Waals surface area contributed by atoms with E-state index in [4.69, 9.17) is 0 Å². The van der Waals surface area contributed by atoms with Crippen LogP contribution in [0.15, 0.2) is 40.9 Å². The molecule has 0 radical (unpaired) electrons. The van der Waals surface area contributed by atoms with Crippen LogP contribution in [0, 0.1) is 11.6 Å². The molecular formula is C15H15BrF2N2. The summed E-state index contributed by atoms with van der Waals surface area (Å²) in [5.41, 5.74) is 1.93. The van der Waals surface area contributed by atoms with E-state index in [1.54, 1.807) is 0 Å². The molecule has 0 aromatic heterocycles. The molecule has 2 nitrogen and oxygen atoms in total. The molecule has 0 atom stereocenters. The van der Waals surface area contributed by atoms with E-state index in [1.165, 1.54) is 12.1 Å². The van der Waals surface area contributed by atoms with Gasteiger partial charge < -0.3 is 10.2 Å². The lowest BCUT2D eigenvalue weighted by atomic mass is 10.2. The molecule has 106 valence electrons. The Balaban J connectivity index is 2.09. The number of anilines is 2. The fourth-order valence-electron chi connectivity index (χ4n) is 1.81. The zero-order valence-electron chi connectivity index (χ0n) is 11.3. The molecule has 0 unspecified atom stereocenters. The lowest BCUT2D eigenvalue weighted by Crippen LogP contribution is -2.09. The highest BCUT2D eigenvalue weighted by Gasteiger charge is 2.10. The minimum absolute atomic E-state index is 0.107. The summed E-state index contributed by atoms with van der Waals surface area (Å²) >= 11 is 3.05. The zero-order valence-corrected chi connectivity index (χ0v) is 12.8. The summed E-state index contributed by atoms with van der Waals surface area (Å²) in [7, 11) is 3.92. The molecule has 20 heavy (non-hydrogen) atoms. The van der Waals surface area contributed by atoms with Gasteiger partial charge in [-0.15, -0.1) is 0 Å². The molecule has 5 heteroatoms. The second-order valence-electron chi connectivity index (χ2n) is 4.66. The van der Waals surface area contributed by atoms with Gasteiger partial charge in [0.05, 0.1) is 0 Å². The highest BCUT2D eigenvalue weighted by atomic mass is 79.9. The molecule has 0 saturated carbocycles. The number of nitrogens with zero attached hydrogens (tertiary/aromatic N) is 1. The number of nitrogens with one attached hydrogen (secondary N) is 1. The van der Waals surface area contributed by atoms with E-state index in [0.29, 0.717) is 11.0 Å². The van der Waals surface area contributed by atoms with Crippen molar-refractivity contribution in [2.75, 3.05) is 24.3 Å². The van der Waals surface area contributed by atoms with E-state index < -0.39 is 11.6 Å². The number of rotatable bonds is 4. The van der Waals surface area contributed by atoms with Gasteiger partial charge in [0.25, 0.3) is 0 Å². The van der Waals surface area contributed by atoms with Gasteiger partial charge in [0, 0.05) is 30.8 Å². The molecule has 0 spiro atoms. The smallest absolute Gasteiger partial charge is 0.150 e. The number of halogens is 3. The molecule has 0 aliphatic carbocycles. The van der Waals surface area contributed by atoms with Crippen molar-refractivity contribution in [3.05, 3.63) is 58.1 Å². The van der Waals surface area contributed by atoms with E-state index in [1.807, 2.05) is 43.3 Å². The maximum atomic E-state index is 13.6. The van der Waals surface area contributed by atoms with Crippen LogP contribution in [0.5, 0.6) is 0 Å². The van der Waals surface area contributed by atoms with Gasteiger partial charge in [0.15, 0.2) is 0 Å². The van der Waals surface area contributed by atoms with Gasteiger partial charge in [-0.05, 0) is 29.8 Å². The Bertz CT molecular complexity index is 574. The number of hydrogen-bond acceptors (Lipinski definition) is 2. The van der Waals surface area contributed by atoms with Crippen molar-refractivity contribution in [1.82, 2.24) is 0 Å². The molecule has 0 heterocycles. The van der Waals surface area contributed by atoms with Crippen LogP contribution in [-0.4, -0.2) is 14.1 Å². The second kappa shape index (κ2) is 6.22. The first-order valence-electron chi connectivity index (χ1n) is 6.12. The highest BCUT2D eigenvalue weighted by molar-refractivity contribution is 9.10. The summed E-state index contributed by atoms with van der Waals surface area (Å²) in [6.07, 6.45) is 0. The Morgan fingerprint density at radius 2 is 1.60 bits per heavy atom. The number of hydrogen-bond donors (Lipinski definition) is 1. The van der Waals surface area contributed by atoms with Gasteiger partial charge >= 0.3 is 0 Å². The van der Waals surface area contributed by atoms with Crippen molar-refractivity contribution in [3.63, 3.8) is 0 Å². The van der Waals surface area contributed by atoms with Crippen LogP contribution in [0.2, 0.25) is 0 Å². The fourth-order valence-corrected chi connectivity index (χ4v) is 2.22. The maximum Gasteiger partial charge on any atom is 0.150 e. The van der Waals surface area contributed by atoms with E-state index in [-0.39, 0.29) is 5.69 Å². The van der Waals surface area contributed by atoms with E-state index in [0.717, 1.165) is 11.3 Å². The quantitative estimate of drug-likeness (QED) is 0.886. The molecule has 2 aromatic rings. The first-order chi connectivity index (χ1) is 9.47. The summed E-state index contributed by atoms with van der Waals surface area (Å²) in [6, 6.07) is 10.3. The van der Waals surface area contributed by atoms with Crippen molar-refractivity contribution in [2.24, 2.45) is 0 Å². The Hall–Kier alpha value is -1.62. The predicted molar refractivity (Wildman–Crippen MR) is 82.2 cm³/mol. The Morgan fingerprint density at radius 1 is 1.05 bits per heavy atom. The third-order valence-electron chi connectivity index (χ3n) is 2.93. The number of benzene rings is 2. The van der Waals surface area contributed by atoms with Crippen LogP contribution < -0.4 is 10.2 Å². The third-order valence-corrected chi connectivity index (χ3v) is 3.39. The van der Waals surface area contributed by atoms with Crippen molar-refractivity contribution in [3.8, 4) is 0 Å². The lowest BCUT2D eigenvalue weighted by molar-refractivity contribution is 0.586. The Labute approximate surface area is 125 Å². The topological polar surface area (TPSA) is 15.3 Å². The summed E-state index contributed by atoms with van der Waals surface area (Å²) < 4.78 is 27.7. The van der Waals surface area contributed by atoms with Gasteiger partial charge in [0.1, 0.15) is 17.3 Å². The average Bonchev–Trinajstić information content (AvgIpc) is 2.38. The van der Waals surface area contributed by atoms with Crippen LogP contribution in [0.1, 0.15) is 5.56 Å². The van der Waals surface area contributed by atoms with Gasteiger partial charge in [-0.1, -0.05) is 28.1 Å². The normalized spacial score (nSPS) is 10.4. The van der Waals surface area contributed by atoms with Crippen molar-refractivity contribution in [2.45, 2.75) is 6.54 Å². The lowest BCUT2D eigenvalue weighted by Gasteiger charge is -2.13. The SMILES string of the molecule is CN(C)c1ccc(CNc2c(F)cc(Br)cc2F)cc1. The molecule has 0 saturated heterocycles. The van der Waals surface area contributed by atoms with Crippen LogP contribution in [-0.2, 0) is 6.54 Å². The summed E-state index contributed by atoms with van der Waals surface area (Å²) in [5, 5.41) is 2.79. The standard InChI is InChI=1S/C15H15BrF2N2/c1-20(2)12-5-3-10(4-6-12)9-19-15-13(17)7-11(16)8-14(15)18/h3-8,19H,9H2,1-2H3. The molecule has 0 aliphatic heterocycles. The fraction of sp³-hybridized carbons (Fsp3) is 0.200. The molecule has 2 rings (SSSR count). The average molecular weight is 341 g/mol. The van der Waals surface area contributed by atoms with E-state index in [2.05, 4.69) is 21.2 Å². The van der Waals surface area contributed by atoms with Crippen molar-refractivity contribution >= 4 is 27.3 Å². The third kappa shape index (κ3) is 3.48. The Kier molecular flexibility index (Phi) is 4.60. The van der Waals surface area contributed by atoms with Gasteiger partial charge in [-0.25, -0.2) is 8.78 Å². The van der Waals surface area contributed by atoms with Gasteiger partial charge in [-0.3, -0.25) is 0 Å². The van der Waals surface area contributed by atoms with Crippen molar-refractivity contribution in [1.29, 1.82) is 0 Å². The largest absolute Gasteiger partial charge is 0.378 e. The van der Waals surface area contributed by atoms with Crippen LogP contribution >= 0.6 is 15.9 Å². The zero-order chi connectivity index (χ0) is 14.7. The van der Waals surface area contributed by atoms with Gasteiger partial charge in [0.2, 0.25) is 0 Å². The minimum atomic E-state index is -0.609. The van der Waals surface area contributed by atoms with Gasteiger partial charge in [-0.2, -0.15) is 0 Å². The first kappa shape index (κ1) is 14.8. The Morgan fingerprint density at radius 3 is 2.10 bits per heavy atom. The molecule has 2 aromatic carbocycles. The molecular weight excluding hydrogens is 326 g/mol. The minimum Gasteiger partial charge on any atom is -0.378 e. The first-order valence-corrected chi connectivity index (χ1v) is 6.91. The molecule has 0 amide bonds. The molecule has 1 N–H and O–H groups in total. The predicted octanol–water partition coefficient (Wildman–Crippen LogP) is 4.41. The van der Waals surface area contributed by atoms with Crippen LogP contribution in [0.3, 0.4) is 0 Å². The summed E-state index contributed by atoms with van der Waals surface area (Å²) in [4.78, 5) is 1.99. The van der Waals surface area contributed by atoms with Crippen LogP contribution in [0.4, 0.5) is 20.2 Å². The van der Waals surface area contributed by atoms with Crippen molar-refractivity contribution < 1.29 is 8.78 Å². The second-order valence-corrected chi connectivity index (χ2v) is 5.57. The molecule has 0 fully saturated rings. The maximum absolute atomic E-state index is 13.6. The highest BCUT2D eigenvalue weighted by Crippen LogP contribution is 2.24. The summed E-state index contributed by atoms with van der Waals surface area (Å²) in [5.74, 6) is -1.22. The van der Waals surface area contributed by atoms with E-state index in [9.17, 15) is 8.78 Å². The summed E-state index contributed by atoms with van der Waals surface area (Å²) in [6.45, 7) is 0.364. The molecule has 0 aliphatic rings. The van der Waals surface area contributed by atoms with Crippen LogP contribution in [0.25, 0.3) is 0 Å². The monoisotopic (exact) mass is 340 g/mol.